The first kappa shape index (κ1) is 86.0. The fourth-order valence-electron chi connectivity index (χ4n) is 17.9. The number of hydrogen-bond donors (Lipinski definition) is 3. The summed E-state index contributed by atoms with van der Waals surface area (Å²) in [5, 5.41) is 14.0. The van der Waals surface area contributed by atoms with Gasteiger partial charge in [-0.05, 0) is 165 Å². The number of alkyl halides is 1. The van der Waals surface area contributed by atoms with Gasteiger partial charge in [-0.3, -0.25) is 51.6 Å². The molecule has 105 heavy (non-hydrogen) atoms. The van der Waals surface area contributed by atoms with E-state index >= 15 is 0 Å². The Balaban J connectivity index is 0.000000204. The second-order valence-electron chi connectivity index (χ2n) is 30.8. The summed E-state index contributed by atoms with van der Waals surface area (Å²) in [5.41, 5.74) is 2.24. The maximum absolute atomic E-state index is 13.4. The predicted octanol–water partition coefficient (Wildman–Crippen LogP) is 10.1. The van der Waals surface area contributed by atoms with Crippen LogP contribution in [0.5, 0.6) is 0 Å². The van der Waals surface area contributed by atoms with Crippen molar-refractivity contribution in [3.63, 3.8) is 0 Å². The first-order valence-corrected chi connectivity index (χ1v) is 40.4. The molecule has 6 aromatic rings. The van der Waals surface area contributed by atoms with Crippen molar-refractivity contribution in [2.45, 2.75) is 289 Å². The van der Waals surface area contributed by atoms with E-state index in [1.807, 2.05) is 72.8 Å². The minimum atomic E-state index is -0.670. The van der Waals surface area contributed by atoms with Crippen molar-refractivity contribution in [3.05, 3.63) is 135 Å². The van der Waals surface area contributed by atoms with E-state index in [0.29, 0.717) is 49.8 Å². The fraction of sp³-hybridized carbons (Fsp3) is 0.711. The molecule has 0 bridgehead atoms. The number of epoxide rings is 2. The topological polar surface area (TPSA) is 213 Å². The summed E-state index contributed by atoms with van der Waals surface area (Å²) < 4.78 is 18.5. The number of aliphatic hydroxyl groups is 1. The van der Waals surface area contributed by atoms with Crippen molar-refractivity contribution in [2.75, 3.05) is 91.1 Å². The minimum absolute atomic E-state index is 0. The van der Waals surface area contributed by atoms with Crippen molar-refractivity contribution in [1.29, 1.82) is 0 Å². The molecule has 0 radical (unpaired) electrons. The molecule has 3 saturated carbocycles. The molecule has 22 heteroatoms. The maximum Gasteiger partial charge on any atom is 1.00 e. The van der Waals surface area contributed by atoms with Gasteiger partial charge in [-0.25, -0.2) is 0 Å². The van der Waals surface area contributed by atoms with Crippen LogP contribution in [0.15, 0.2) is 102 Å². The van der Waals surface area contributed by atoms with Crippen molar-refractivity contribution in [2.24, 2.45) is 0 Å². The van der Waals surface area contributed by atoms with Crippen LogP contribution in [0.2, 0.25) is 0 Å². The predicted molar refractivity (Wildman–Crippen MR) is 427 cm³/mol. The first-order chi connectivity index (χ1) is 49.5. The van der Waals surface area contributed by atoms with Crippen LogP contribution in [0.1, 0.15) is 241 Å². The molecule has 7 aliphatic heterocycles. The van der Waals surface area contributed by atoms with Crippen LogP contribution >= 0.6 is 11.6 Å². The zero-order chi connectivity index (χ0) is 69.9. The number of benzene rings is 3. The van der Waals surface area contributed by atoms with E-state index < -0.39 is 33.9 Å². The van der Waals surface area contributed by atoms with Crippen LogP contribution in [0.4, 0.5) is 0 Å². The first-order valence-electron chi connectivity index (χ1n) is 39.9. The van der Waals surface area contributed by atoms with Crippen molar-refractivity contribution >= 4 is 44.7 Å². The number of ether oxygens (including phenoxy) is 2. The van der Waals surface area contributed by atoms with Gasteiger partial charge in [0.25, 0.3) is 0 Å². The van der Waals surface area contributed by atoms with Gasteiger partial charge >= 0.3 is 62.9 Å². The normalized spacial score (nSPS) is 22.8. The third-order valence-corrected chi connectivity index (χ3v) is 24.1. The second-order valence-corrected chi connectivity index (χ2v) is 31.1. The molecule has 3 N–H and O–H groups in total. The molecule has 10 aliphatic rings. The summed E-state index contributed by atoms with van der Waals surface area (Å²) >= 11 is 5.27. The zero-order valence-corrected chi connectivity index (χ0v) is 64.2. The zero-order valence-electron chi connectivity index (χ0n) is 62.5. The van der Waals surface area contributed by atoms with Crippen LogP contribution in [0.25, 0.3) is 33.1 Å². The van der Waals surface area contributed by atoms with Gasteiger partial charge in [0.2, 0.25) is 0 Å². The Morgan fingerprint density at radius 1 is 0.400 bits per heavy atom. The molecule has 10 heterocycles. The van der Waals surface area contributed by atoms with Gasteiger partial charge in [0.05, 0.1) is 83.6 Å². The Morgan fingerprint density at radius 2 is 0.752 bits per heavy atom. The van der Waals surface area contributed by atoms with Crippen LogP contribution in [0, 0.1) is 0 Å². The third kappa shape index (κ3) is 23.5. The van der Waals surface area contributed by atoms with Gasteiger partial charge in [-0.2, -0.15) is 0 Å². The van der Waals surface area contributed by atoms with E-state index in [-0.39, 0.29) is 89.6 Å². The Morgan fingerprint density at radius 3 is 1.12 bits per heavy atom. The molecule has 3 aromatic heterocycles. The molecule has 7 saturated heterocycles. The average molecular weight is 1490 g/mol. The van der Waals surface area contributed by atoms with E-state index in [9.17, 15) is 33.9 Å². The number of nitrogens with one attached hydrogen (secondary N) is 2. The molecule has 10 fully saturated rings. The quantitative estimate of drug-likeness (QED) is 0.0425. The van der Waals surface area contributed by atoms with Gasteiger partial charge in [-0.1, -0.05) is 155 Å². The number of halogens is 1. The number of hydrogen-bond acceptors (Lipinski definition) is 14. The standard InChI is InChI=1S/C28H42N4O3.C24H33N3O3.C21H29N3O2.C4H9N.C3H5ClO.3CH4.Na.H/c33-24(20-29-16-8-9-17-29)21-31-25-12-6-7-13-26(25)32(28(35)27(31)34)23-14-18-30(19-15-23)22-10-4-2-1-3-5-11-22;28-23-24(29)27(22-11-7-6-10-21(22)26(23)16-20-17-30-20)19-12-14-25(15-13-19)18-8-4-2-1-3-5-9-18;25-20-21(26)24(19-11-7-6-10-18(19)22-20)17-12-14-23(15-13-17)16-8-4-2-1-3-5-9-16;1-2-4-5-3-1;4-1-3-2-5-3;;;;;/h6-7,12-13,22-24,33H,1-5,8-11,14-21H2;6-7,10-11,18-20H,1-5,8-9,12-17H2;6-7,10-11,16-17H,1-5,8-9,12-15H2,(H,22,25);5H,1-4H2;3H,1-2H2;3*1H4;;/q;;;;;;;;+1;-1. The van der Waals surface area contributed by atoms with Crippen LogP contribution in [-0.4, -0.2) is 180 Å². The summed E-state index contributed by atoms with van der Waals surface area (Å²) in [4.78, 5) is 90.3. The number of fused-ring (bicyclic) bond motifs is 3. The number of H-pyrrole nitrogens is 1. The van der Waals surface area contributed by atoms with Gasteiger partial charge in [0.15, 0.2) is 0 Å². The molecule has 580 valence electrons. The summed E-state index contributed by atoms with van der Waals surface area (Å²) in [7, 11) is 0. The number of aromatic amines is 1. The van der Waals surface area contributed by atoms with Gasteiger partial charge < -0.3 is 45.9 Å². The van der Waals surface area contributed by atoms with Gasteiger partial charge in [0, 0.05) is 82.1 Å². The van der Waals surface area contributed by atoms with Crippen molar-refractivity contribution in [3.8, 4) is 0 Å². The number of rotatable bonds is 13. The molecule has 3 aliphatic carbocycles. The Labute approximate surface area is 653 Å². The van der Waals surface area contributed by atoms with E-state index in [1.165, 1.54) is 165 Å². The molecule has 16 rings (SSSR count). The molecule has 3 atom stereocenters. The minimum Gasteiger partial charge on any atom is -1.00 e. The summed E-state index contributed by atoms with van der Waals surface area (Å²) in [6.07, 6.45) is 38.8. The van der Waals surface area contributed by atoms with E-state index in [4.69, 9.17) is 21.1 Å². The van der Waals surface area contributed by atoms with Crippen molar-refractivity contribution in [1.82, 2.24) is 52.7 Å². The Bertz CT molecular complexity index is 3920. The maximum atomic E-state index is 13.4. The summed E-state index contributed by atoms with van der Waals surface area (Å²) in [6, 6.07) is 25.6. The Kier molecular flexibility index (Phi) is 35.8. The third-order valence-electron chi connectivity index (χ3n) is 23.7. The van der Waals surface area contributed by atoms with E-state index in [2.05, 4.69) is 29.9 Å². The van der Waals surface area contributed by atoms with Crippen LogP contribution in [-0.2, 0) is 22.6 Å². The SMILES string of the molecule is C.C.C.C1CCNC1.ClCC1CO1.O=c1[nH]c2ccccc2n(C2CCN(C3CCCCCCC3)CC2)c1=O.O=c1c(=O)n(C2CCN(C3CCCCCCC3)CC2)c2ccccc2n1CC(O)CN1CCCC1.O=c1c(=O)n(C2CCN(C3CCCCCCC3)CC2)c2ccccc2n1CC1CO1.[H-].[Na+]. The molecule has 0 spiro atoms. The second kappa shape index (κ2) is 43.7. The largest absolute Gasteiger partial charge is 1.00 e. The molecule has 0 amide bonds. The van der Waals surface area contributed by atoms with E-state index in [0.717, 1.165) is 143 Å². The molecule has 20 nitrogen and oxygen atoms in total. The fourth-order valence-corrected chi connectivity index (χ4v) is 18.1. The number of piperidine rings is 3. The monoisotopic (exact) mass is 1480 g/mol. The van der Waals surface area contributed by atoms with Gasteiger partial charge in [0.1, 0.15) is 0 Å². The number of para-hydroxylation sites is 6. The molecule has 3 unspecified atom stereocenters. The van der Waals surface area contributed by atoms with Crippen LogP contribution in [0.3, 0.4) is 0 Å². The van der Waals surface area contributed by atoms with Crippen molar-refractivity contribution < 1.29 is 45.6 Å². The number of aliphatic hydroxyl groups excluding tert-OH is 1. The van der Waals surface area contributed by atoms with Crippen LogP contribution < -0.4 is 68.2 Å². The smallest absolute Gasteiger partial charge is 1.00 e. The number of β-amino-alcohol motifs (C(OH)–C–C–N with tert-alkyl or cyclic N) is 1. The van der Waals surface area contributed by atoms with Gasteiger partial charge in [-0.15, -0.1) is 11.6 Å². The average Bonchev–Trinajstić information content (AvgIpc) is 1.08. The number of aromatic nitrogens is 6. The molecule has 3 aromatic carbocycles. The Hall–Kier alpha value is -4.55. The summed E-state index contributed by atoms with van der Waals surface area (Å²) in [5.74, 6) is 0.667. The van der Waals surface area contributed by atoms with E-state index in [1.54, 1.807) is 18.3 Å². The summed E-state index contributed by atoms with van der Waals surface area (Å²) in [6.45, 7) is 13.3. The number of nitrogens with zero attached hydrogens (tertiary/aromatic N) is 9. The molecular weight excluding hydrogens is 1350 g/mol. The number of likely N-dealkylation sites (tertiary alicyclic amines) is 4. The molecular formula is C83H131ClN11NaO9.